The van der Waals surface area contributed by atoms with Crippen LogP contribution in [0, 0.1) is 29.3 Å². The number of halogens is 3. The first-order valence-electron chi connectivity index (χ1n) is 2.56. The third-order valence-electron chi connectivity index (χ3n) is 0.827. The zero-order valence-electron chi connectivity index (χ0n) is 5.39. The van der Waals surface area contributed by atoms with Crippen LogP contribution in [0.1, 0.15) is 0 Å². The van der Waals surface area contributed by atoms with E-state index < -0.39 is 17.5 Å². The molecule has 58 valence electrons. The standard InChI is InChI=1S/C6H3F3.CHN/c7-4-1-5(8)3-6(9)2-4;1-2/h1-3H;1H. The van der Waals surface area contributed by atoms with Crippen LogP contribution in [-0.4, -0.2) is 0 Å². The SMILES string of the molecule is C#N.Fc1cc(F)cc(F)c1. The van der Waals surface area contributed by atoms with Crippen molar-refractivity contribution in [1.82, 2.24) is 0 Å². The molecular formula is C7H4F3N. The van der Waals surface area contributed by atoms with E-state index >= 15 is 0 Å². The summed E-state index contributed by atoms with van der Waals surface area (Å²) in [5.41, 5.74) is 0. The lowest BCUT2D eigenvalue weighted by molar-refractivity contribution is 0.543. The van der Waals surface area contributed by atoms with Crippen molar-refractivity contribution in [2.75, 3.05) is 0 Å². The Hall–Kier alpha value is -1.50. The lowest BCUT2D eigenvalue weighted by Gasteiger charge is -1.88. The molecule has 0 radical (unpaired) electrons. The van der Waals surface area contributed by atoms with E-state index in [0.29, 0.717) is 18.2 Å². The minimum Gasteiger partial charge on any atom is -0.207 e. The predicted molar refractivity (Wildman–Crippen MR) is 33.0 cm³/mol. The van der Waals surface area contributed by atoms with E-state index in [1.54, 1.807) is 0 Å². The van der Waals surface area contributed by atoms with E-state index in [9.17, 15) is 13.2 Å². The van der Waals surface area contributed by atoms with Crippen LogP contribution >= 0.6 is 0 Å². The number of rotatable bonds is 0. The first-order chi connectivity index (χ1) is 5.18. The van der Waals surface area contributed by atoms with E-state index in [1.807, 2.05) is 0 Å². The van der Waals surface area contributed by atoms with Crippen LogP contribution in [0.3, 0.4) is 0 Å². The predicted octanol–water partition coefficient (Wildman–Crippen LogP) is 2.24. The molecule has 1 rings (SSSR count). The fourth-order valence-corrected chi connectivity index (χ4v) is 0.520. The van der Waals surface area contributed by atoms with Crippen molar-refractivity contribution < 1.29 is 13.2 Å². The molecule has 0 aromatic heterocycles. The molecule has 0 aliphatic carbocycles. The highest BCUT2D eigenvalue weighted by molar-refractivity contribution is 5.07. The summed E-state index contributed by atoms with van der Waals surface area (Å²) in [6, 6.07) is 1.84. The number of nitriles is 1. The third-order valence-corrected chi connectivity index (χ3v) is 0.827. The summed E-state index contributed by atoms with van der Waals surface area (Å²) < 4.78 is 35.8. The van der Waals surface area contributed by atoms with Crippen LogP contribution in [0.4, 0.5) is 13.2 Å². The summed E-state index contributed by atoms with van der Waals surface area (Å²) in [7, 11) is 0. The second kappa shape index (κ2) is 4.34. The number of hydrogen-bond donors (Lipinski definition) is 0. The molecule has 0 saturated heterocycles. The first-order valence-corrected chi connectivity index (χ1v) is 2.56. The largest absolute Gasteiger partial charge is 0.207 e. The van der Waals surface area contributed by atoms with Gasteiger partial charge in [0.1, 0.15) is 17.5 Å². The monoisotopic (exact) mass is 159 g/mol. The van der Waals surface area contributed by atoms with Gasteiger partial charge >= 0.3 is 0 Å². The Morgan fingerprint density at radius 2 is 1.00 bits per heavy atom. The molecule has 0 spiro atoms. The second-order valence-corrected chi connectivity index (χ2v) is 1.59. The van der Waals surface area contributed by atoms with E-state index in [-0.39, 0.29) is 0 Å². The van der Waals surface area contributed by atoms with Gasteiger partial charge in [-0.15, -0.1) is 0 Å². The van der Waals surface area contributed by atoms with Crippen molar-refractivity contribution in [3.05, 3.63) is 35.7 Å². The van der Waals surface area contributed by atoms with Crippen LogP contribution in [-0.2, 0) is 0 Å². The molecule has 1 aromatic rings. The first kappa shape index (κ1) is 9.50. The third kappa shape index (κ3) is 3.26. The molecule has 4 heteroatoms. The molecule has 0 heterocycles. The second-order valence-electron chi connectivity index (χ2n) is 1.59. The lowest BCUT2D eigenvalue weighted by atomic mass is 10.3. The van der Waals surface area contributed by atoms with Crippen molar-refractivity contribution in [1.29, 1.82) is 5.26 Å². The molecule has 0 N–H and O–H groups in total. The van der Waals surface area contributed by atoms with Crippen molar-refractivity contribution in [3.8, 4) is 6.57 Å². The maximum Gasteiger partial charge on any atom is 0.129 e. The van der Waals surface area contributed by atoms with Crippen molar-refractivity contribution in [2.45, 2.75) is 0 Å². The van der Waals surface area contributed by atoms with Gasteiger partial charge in [-0.05, 0) is 0 Å². The molecule has 1 aromatic carbocycles. The average Bonchev–Trinajstić information content (AvgIpc) is 1.88. The zero-order chi connectivity index (χ0) is 8.85. The van der Waals surface area contributed by atoms with Gasteiger partial charge in [0.2, 0.25) is 0 Å². The summed E-state index contributed by atoms with van der Waals surface area (Å²) in [6.07, 6.45) is 0. The Morgan fingerprint density at radius 3 is 1.18 bits per heavy atom. The van der Waals surface area contributed by atoms with Crippen LogP contribution < -0.4 is 0 Å². The average molecular weight is 159 g/mol. The Balaban J connectivity index is 0.000000461. The molecule has 0 unspecified atom stereocenters. The van der Waals surface area contributed by atoms with Gasteiger partial charge in [0.15, 0.2) is 0 Å². The lowest BCUT2D eigenvalue weighted by Crippen LogP contribution is -1.81. The Morgan fingerprint density at radius 1 is 0.818 bits per heavy atom. The molecular weight excluding hydrogens is 155 g/mol. The Labute approximate surface area is 61.7 Å². The normalized spacial score (nSPS) is 8.09. The molecule has 1 nitrogen and oxygen atoms in total. The van der Waals surface area contributed by atoms with Crippen LogP contribution in [0.25, 0.3) is 0 Å². The highest BCUT2D eigenvalue weighted by Gasteiger charge is 1.96. The van der Waals surface area contributed by atoms with Crippen molar-refractivity contribution >= 4 is 0 Å². The van der Waals surface area contributed by atoms with E-state index in [1.165, 1.54) is 0 Å². The fraction of sp³-hybridized carbons (Fsp3) is 0. The van der Waals surface area contributed by atoms with E-state index in [0.717, 1.165) is 0 Å². The van der Waals surface area contributed by atoms with Crippen LogP contribution in [0.15, 0.2) is 18.2 Å². The van der Waals surface area contributed by atoms with Crippen molar-refractivity contribution in [2.24, 2.45) is 0 Å². The smallest absolute Gasteiger partial charge is 0.129 e. The van der Waals surface area contributed by atoms with Gasteiger partial charge in [-0.25, -0.2) is 18.4 Å². The number of benzene rings is 1. The van der Waals surface area contributed by atoms with Gasteiger partial charge in [-0.2, -0.15) is 0 Å². The maximum atomic E-state index is 11.9. The topological polar surface area (TPSA) is 23.8 Å². The Kier molecular flexibility index (Phi) is 3.75. The minimum atomic E-state index is -0.896. The molecule has 0 aliphatic rings. The molecule has 11 heavy (non-hydrogen) atoms. The minimum absolute atomic E-state index is 0.614. The molecule has 0 atom stereocenters. The zero-order valence-corrected chi connectivity index (χ0v) is 5.39. The summed E-state index contributed by atoms with van der Waals surface area (Å²) in [4.78, 5) is 0. The quantitative estimate of drug-likeness (QED) is 0.569. The van der Waals surface area contributed by atoms with Crippen LogP contribution in [0.2, 0.25) is 0 Å². The molecule has 0 bridgehead atoms. The fourth-order valence-electron chi connectivity index (χ4n) is 0.520. The van der Waals surface area contributed by atoms with Crippen molar-refractivity contribution in [3.63, 3.8) is 0 Å². The maximum absolute atomic E-state index is 11.9. The van der Waals surface area contributed by atoms with Gasteiger partial charge in [0.25, 0.3) is 0 Å². The number of nitrogens with zero attached hydrogens (tertiary/aromatic N) is 1. The number of hydrogen-bond acceptors (Lipinski definition) is 1. The highest BCUT2D eigenvalue weighted by Crippen LogP contribution is 2.04. The highest BCUT2D eigenvalue weighted by atomic mass is 19.1. The van der Waals surface area contributed by atoms with Gasteiger partial charge in [-0.1, -0.05) is 0 Å². The summed E-state index contributed by atoms with van der Waals surface area (Å²) in [5.74, 6) is -2.69. The van der Waals surface area contributed by atoms with Gasteiger partial charge in [0, 0.05) is 24.8 Å². The molecule has 0 aliphatic heterocycles. The van der Waals surface area contributed by atoms with Crippen LogP contribution in [0.5, 0.6) is 0 Å². The molecule has 0 fully saturated rings. The Bertz CT molecular complexity index is 207. The van der Waals surface area contributed by atoms with E-state index in [4.69, 9.17) is 5.26 Å². The molecule has 0 amide bonds. The van der Waals surface area contributed by atoms with Gasteiger partial charge in [-0.3, -0.25) is 0 Å². The summed E-state index contributed by atoms with van der Waals surface area (Å²) in [6.45, 7) is 3.50. The van der Waals surface area contributed by atoms with E-state index in [2.05, 4.69) is 6.57 Å². The summed E-state index contributed by atoms with van der Waals surface area (Å²) >= 11 is 0. The van der Waals surface area contributed by atoms with Gasteiger partial charge < -0.3 is 0 Å². The summed E-state index contributed by atoms with van der Waals surface area (Å²) in [5, 5.41) is 6.50. The molecule has 0 saturated carbocycles. The van der Waals surface area contributed by atoms with Gasteiger partial charge in [0.05, 0.1) is 0 Å².